The maximum absolute atomic E-state index is 14.4. The highest BCUT2D eigenvalue weighted by Crippen LogP contribution is 2.30. The monoisotopic (exact) mass is 407 g/mol. The molecule has 0 bridgehead atoms. The molecule has 3 rings (SSSR count). The largest absolute Gasteiger partial charge is 0.508 e. The topological polar surface area (TPSA) is 97.6 Å². The van der Waals surface area contributed by atoms with Crippen LogP contribution in [0.4, 0.5) is 9.18 Å². The number of phenolic OH excluding ortho intramolecular Hbond substituents is 1. The van der Waals surface area contributed by atoms with Crippen molar-refractivity contribution in [1.82, 2.24) is 9.29 Å². The van der Waals surface area contributed by atoms with Crippen molar-refractivity contribution in [2.45, 2.75) is 11.5 Å². The molecule has 9 heteroatoms. The fourth-order valence-electron chi connectivity index (χ4n) is 2.58. The lowest BCUT2D eigenvalue weighted by Gasteiger charge is -2.11. The second-order valence-corrected chi connectivity index (χ2v) is 7.53. The molecule has 1 amide bonds. The van der Waals surface area contributed by atoms with Crippen LogP contribution in [-0.4, -0.2) is 30.6 Å². The quantitative estimate of drug-likeness (QED) is 0.677. The van der Waals surface area contributed by atoms with E-state index in [1.807, 2.05) is 0 Å². The standard InChI is InChI=1S/C19H17FN2O5S/c1-21-19(24)27-12-13-9-18(16-7-2-3-8-17(16)20)22(11-13)28(25,26)15-6-4-5-14(23)10-15/h2-11,23H,12H2,1H3,(H,21,24)/i1D3. The maximum Gasteiger partial charge on any atom is 0.407 e. The molecule has 2 N–H and O–H groups in total. The number of ether oxygens (including phenoxy) is 1. The van der Waals surface area contributed by atoms with Gasteiger partial charge in [0.15, 0.2) is 0 Å². The minimum absolute atomic E-state index is 0.0237. The van der Waals surface area contributed by atoms with Gasteiger partial charge in [-0.1, -0.05) is 18.2 Å². The van der Waals surface area contributed by atoms with Crippen molar-refractivity contribution in [3.05, 3.63) is 72.2 Å². The number of hydrogen-bond acceptors (Lipinski definition) is 5. The van der Waals surface area contributed by atoms with E-state index in [1.54, 1.807) is 5.32 Å². The average molecular weight is 407 g/mol. The van der Waals surface area contributed by atoms with Crippen molar-refractivity contribution in [2.75, 3.05) is 6.98 Å². The number of nitrogens with zero attached hydrogens (tertiary/aromatic N) is 1. The Hall–Kier alpha value is -3.33. The summed E-state index contributed by atoms with van der Waals surface area (Å²) in [5, 5.41) is 11.3. The average Bonchev–Trinajstić information content (AvgIpc) is 3.10. The van der Waals surface area contributed by atoms with Crippen molar-refractivity contribution < 1.29 is 31.6 Å². The molecule has 28 heavy (non-hydrogen) atoms. The number of alkyl carbamates (subject to hydrolysis) is 1. The van der Waals surface area contributed by atoms with Crippen molar-refractivity contribution in [1.29, 1.82) is 0 Å². The first-order valence-corrected chi connectivity index (χ1v) is 9.37. The summed E-state index contributed by atoms with van der Waals surface area (Å²) >= 11 is 0. The first-order chi connectivity index (χ1) is 14.5. The summed E-state index contributed by atoms with van der Waals surface area (Å²) in [6, 6.07) is 11.8. The molecule has 2 aromatic carbocycles. The third-order valence-corrected chi connectivity index (χ3v) is 5.51. The second-order valence-electron chi connectivity index (χ2n) is 5.71. The Morgan fingerprint density at radius 1 is 1.25 bits per heavy atom. The SMILES string of the molecule is [2H]C([2H])([2H])NC(=O)OCc1cc(-c2ccccc2F)n(S(=O)(=O)c2cccc(O)c2)c1. The summed E-state index contributed by atoms with van der Waals surface area (Å²) in [6.07, 6.45) is -0.0972. The van der Waals surface area contributed by atoms with Crippen molar-refractivity contribution in [3.63, 3.8) is 0 Å². The van der Waals surface area contributed by atoms with Crippen LogP contribution < -0.4 is 5.32 Å². The lowest BCUT2D eigenvalue weighted by atomic mass is 10.1. The zero-order valence-electron chi connectivity index (χ0n) is 17.3. The van der Waals surface area contributed by atoms with Crippen LogP contribution in [0.3, 0.4) is 0 Å². The molecule has 0 unspecified atom stereocenters. The van der Waals surface area contributed by atoms with Gasteiger partial charge in [0.25, 0.3) is 10.0 Å². The van der Waals surface area contributed by atoms with Crippen LogP contribution >= 0.6 is 0 Å². The Morgan fingerprint density at radius 3 is 2.75 bits per heavy atom. The van der Waals surface area contributed by atoms with Crippen LogP contribution in [0, 0.1) is 5.82 Å². The Balaban J connectivity index is 2.03. The van der Waals surface area contributed by atoms with Gasteiger partial charge in [0.05, 0.1) is 10.6 Å². The number of amides is 1. The number of hydrogen-bond donors (Lipinski definition) is 2. The van der Waals surface area contributed by atoms with Gasteiger partial charge in [0.2, 0.25) is 0 Å². The molecule has 146 valence electrons. The summed E-state index contributed by atoms with van der Waals surface area (Å²) in [4.78, 5) is 11.4. The van der Waals surface area contributed by atoms with Gasteiger partial charge < -0.3 is 15.2 Å². The van der Waals surface area contributed by atoms with Gasteiger partial charge in [-0.2, -0.15) is 0 Å². The van der Waals surface area contributed by atoms with Gasteiger partial charge >= 0.3 is 6.09 Å². The number of rotatable bonds is 5. The fourth-order valence-corrected chi connectivity index (χ4v) is 4.01. The van der Waals surface area contributed by atoms with Crippen molar-refractivity contribution in [2.24, 2.45) is 0 Å². The molecular weight excluding hydrogens is 387 g/mol. The van der Waals surface area contributed by atoms with Gasteiger partial charge in [-0.3, -0.25) is 0 Å². The van der Waals surface area contributed by atoms with Gasteiger partial charge in [0.1, 0.15) is 18.2 Å². The van der Waals surface area contributed by atoms with Crippen LogP contribution in [0.25, 0.3) is 11.3 Å². The van der Waals surface area contributed by atoms with Gasteiger partial charge in [-0.25, -0.2) is 21.6 Å². The Morgan fingerprint density at radius 2 is 2.04 bits per heavy atom. The summed E-state index contributed by atoms with van der Waals surface area (Å²) < 4.78 is 67.3. The van der Waals surface area contributed by atoms with Crippen LogP contribution in [-0.2, 0) is 21.4 Å². The number of halogens is 1. The number of phenols is 1. The molecule has 1 aromatic heterocycles. The summed E-state index contributed by atoms with van der Waals surface area (Å²) in [7, 11) is -4.26. The molecule has 0 spiro atoms. The van der Waals surface area contributed by atoms with E-state index >= 15 is 0 Å². The maximum atomic E-state index is 14.4. The first-order valence-electron chi connectivity index (χ1n) is 9.43. The number of carbonyl (C=O) groups is 1. The van der Waals surface area contributed by atoms with Gasteiger partial charge in [-0.05, 0) is 30.3 Å². The minimum atomic E-state index is -4.26. The van der Waals surface area contributed by atoms with Crippen molar-refractivity contribution >= 4 is 16.1 Å². The van der Waals surface area contributed by atoms with Crippen LogP contribution in [0.2, 0.25) is 0 Å². The van der Waals surface area contributed by atoms with Gasteiger partial charge in [-0.15, -0.1) is 0 Å². The van der Waals surface area contributed by atoms with Crippen LogP contribution in [0.15, 0.2) is 65.7 Å². The number of aromatic hydroxyl groups is 1. The zero-order chi connectivity index (χ0) is 22.8. The fraction of sp³-hybridized carbons (Fsp3) is 0.105. The smallest absolute Gasteiger partial charge is 0.407 e. The molecule has 0 radical (unpaired) electrons. The normalized spacial score (nSPS) is 13.2. The van der Waals surface area contributed by atoms with E-state index in [1.165, 1.54) is 42.5 Å². The molecular formula is C19H17FN2O5S. The van der Waals surface area contributed by atoms with E-state index in [0.717, 1.165) is 22.3 Å². The van der Waals surface area contributed by atoms with E-state index in [2.05, 4.69) is 0 Å². The Bertz CT molecular complexity index is 1230. The van der Waals surface area contributed by atoms with Crippen LogP contribution in [0.1, 0.15) is 9.68 Å². The Kier molecular flexibility index (Phi) is 4.33. The summed E-state index contributed by atoms with van der Waals surface area (Å²) in [6.45, 7) is -3.22. The number of benzene rings is 2. The van der Waals surface area contributed by atoms with E-state index in [-0.39, 0.29) is 27.5 Å². The predicted octanol–water partition coefficient (Wildman–Crippen LogP) is 3.09. The first kappa shape index (κ1) is 15.7. The molecule has 0 atom stereocenters. The van der Waals surface area contributed by atoms with Crippen LogP contribution in [0.5, 0.6) is 5.75 Å². The van der Waals surface area contributed by atoms with E-state index < -0.39 is 35.5 Å². The highest BCUT2D eigenvalue weighted by molar-refractivity contribution is 7.90. The molecule has 1 heterocycles. The van der Waals surface area contributed by atoms with E-state index in [9.17, 15) is 22.7 Å². The molecule has 3 aromatic rings. The molecule has 7 nitrogen and oxygen atoms in total. The van der Waals surface area contributed by atoms with E-state index in [4.69, 9.17) is 8.85 Å². The third-order valence-electron chi connectivity index (χ3n) is 3.84. The van der Waals surface area contributed by atoms with Gasteiger partial charge in [0, 0.05) is 34.5 Å². The van der Waals surface area contributed by atoms with Crippen molar-refractivity contribution in [3.8, 4) is 17.0 Å². The Labute approximate surface area is 165 Å². The molecule has 0 fully saturated rings. The highest BCUT2D eigenvalue weighted by atomic mass is 32.2. The lowest BCUT2D eigenvalue weighted by Crippen LogP contribution is -2.18. The molecule has 0 saturated carbocycles. The minimum Gasteiger partial charge on any atom is -0.508 e. The molecule has 0 saturated heterocycles. The number of carbonyl (C=O) groups excluding carboxylic acids is 1. The zero-order valence-corrected chi connectivity index (χ0v) is 15.1. The predicted molar refractivity (Wildman–Crippen MR) is 99.8 cm³/mol. The summed E-state index contributed by atoms with van der Waals surface area (Å²) in [5.74, 6) is -0.953. The summed E-state index contributed by atoms with van der Waals surface area (Å²) in [5.41, 5.74) is 0.100. The third kappa shape index (κ3) is 3.84. The molecule has 0 aliphatic heterocycles. The highest BCUT2D eigenvalue weighted by Gasteiger charge is 2.24. The molecule has 0 aliphatic carbocycles. The number of aromatic nitrogens is 1. The molecule has 0 aliphatic rings. The lowest BCUT2D eigenvalue weighted by molar-refractivity contribution is 0.142. The van der Waals surface area contributed by atoms with E-state index in [0.29, 0.717) is 0 Å². The number of nitrogens with one attached hydrogen (secondary N) is 1. The second kappa shape index (κ2) is 7.73.